The lowest BCUT2D eigenvalue weighted by Gasteiger charge is -2.16. The van der Waals surface area contributed by atoms with Crippen molar-refractivity contribution in [3.8, 4) is 0 Å². The average Bonchev–Trinajstić information content (AvgIpc) is 2.80. The number of hydrogen-bond acceptors (Lipinski definition) is 3. The molecule has 0 spiro atoms. The van der Waals surface area contributed by atoms with Crippen LogP contribution >= 0.6 is 15.9 Å². The summed E-state index contributed by atoms with van der Waals surface area (Å²) < 4.78 is 1.05. The van der Waals surface area contributed by atoms with Crippen molar-refractivity contribution in [2.75, 3.05) is 37.2 Å². The maximum Gasteiger partial charge on any atom is 0.0488 e. The number of aryl methyl sites for hydroxylation is 1. The van der Waals surface area contributed by atoms with Gasteiger partial charge in [-0.15, -0.1) is 0 Å². The topological polar surface area (TPSA) is 41.3 Å². The second-order valence-corrected chi connectivity index (χ2v) is 5.97. The highest BCUT2D eigenvalue weighted by Gasteiger charge is 2.20. The number of rotatable bonds is 4. The molecular weight excluding hydrogens is 290 g/mol. The van der Waals surface area contributed by atoms with Gasteiger partial charge >= 0.3 is 0 Å². The van der Waals surface area contributed by atoms with Gasteiger partial charge in [0.1, 0.15) is 0 Å². The third kappa shape index (κ3) is 3.18. The molecule has 100 valence electrons. The number of nitrogens with zero attached hydrogens (tertiary/aromatic N) is 1. The van der Waals surface area contributed by atoms with Crippen LogP contribution in [0.3, 0.4) is 0 Å². The van der Waals surface area contributed by atoms with E-state index in [2.05, 4.69) is 39.1 Å². The second-order valence-electron chi connectivity index (χ2n) is 5.12. The van der Waals surface area contributed by atoms with Crippen LogP contribution in [0.4, 0.5) is 11.4 Å². The van der Waals surface area contributed by atoms with Crippen LogP contribution < -0.4 is 11.1 Å². The molecule has 1 saturated heterocycles. The molecule has 4 heteroatoms. The summed E-state index contributed by atoms with van der Waals surface area (Å²) in [5.41, 5.74) is 8.99. The third-order valence-electron chi connectivity index (χ3n) is 3.75. The zero-order chi connectivity index (χ0) is 13.1. The standard InChI is InChI=1S/C14H22BrN3/c1-3-18-5-4-11(9-18)8-17-14-6-10(2)13(16)7-12(14)15/h6-7,11,17H,3-5,8-9,16H2,1-2H3. The van der Waals surface area contributed by atoms with Gasteiger partial charge in [0.25, 0.3) is 0 Å². The number of nitrogens with two attached hydrogens (primary N) is 1. The fraction of sp³-hybridized carbons (Fsp3) is 0.571. The van der Waals surface area contributed by atoms with Crippen LogP contribution in [0.5, 0.6) is 0 Å². The molecule has 1 aliphatic heterocycles. The summed E-state index contributed by atoms with van der Waals surface area (Å²) >= 11 is 3.56. The monoisotopic (exact) mass is 311 g/mol. The molecule has 1 unspecified atom stereocenters. The smallest absolute Gasteiger partial charge is 0.0488 e. The van der Waals surface area contributed by atoms with Gasteiger partial charge in [0, 0.05) is 28.9 Å². The van der Waals surface area contributed by atoms with Gasteiger partial charge in [-0.25, -0.2) is 0 Å². The van der Waals surface area contributed by atoms with E-state index in [-0.39, 0.29) is 0 Å². The van der Waals surface area contributed by atoms with Crippen molar-refractivity contribution < 1.29 is 0 Å². The van der Waals surface area contributed by atoms with Gasteiger partial charge in [-0.2, -0.15) is 0 Å². The van der Waals surface area contributed by atoms with Crippen LogP contribution in [-0.4, -0.2) is 31.1 Å². The Bertz CT molecular complexity index is 420. The van der Waals surface area contributed by atoms with E-state index < -0.39 is 0 Å². The van der Waals surface area contributed by atoms with Crippen LogP contribution in [-0.2, 0) is 0 Å². The molecular formula is C14H22BrN3. The number of hydrogen-bond donors (Lipinski definition) is 2. The molecule has 0 bridgehead atoms. The maximum atomic E-state index is 5.88. The number of likely N-dealkylation sites (tertiary alicyclic amines) is 1. The van der Waals surface area contributed by atoms with E-state index in [1.165, 1.54) is 26.1 Å². The molecule has 0 aliphatic carbocycles. The second kappa shape index (κ2) is 5.93. The zero-order valence-electron chi connectivity index (χ0n) is 11.2. The molecule has 1 aromatic carbocycles. The zero-order valence-corrected chi connectivity index (χ0v) is 12.8. The molecule has 0 saturated carbocycles. The SMILES string of the molecule is CCN1CCC(CNc2cc(C)c(N)cc2Br)C1. The van der Waals surface area contributed by atoms with E-state index in [1.807, 2.05) is 13.0 Å². The molecule has 0 radical (unpaired) electrons. The lowest BCUT2D eigenvalue weighted by Crippen LogP contribution is -2.22. The molecule has 0 amide bonds. The Labute approximate surface area is 118 Å². The van der Waals surface area contributed by atoms with Crippen molar-refractivity contribution >= 4 is 27.3 Å². The Morgan fingerprint density at radius 3 is 2.94 bits per heavy atom. The molecule has 1 aromatic rings. The number of halogens is 1. The summed E-state index contributed by atoms with van der Waals surface area (Å²) in [5.74, 6) is 0.759. The molecule has 1 aliphatic rings. The van der Waals surface area contributed by atoms with Crippen molar-refractivity contribution in [3.05, 3.63) is 22.2 Å². The predicted molar refractivity (Wildman–Crippen MR) is 82.0 cm³/mol. The summed E-state index contributed by atoms with van der Waals surface area (Å²) in [6, 6.07) is 4.09. The quantitative estimate of drug-likeness (QED) is 0.840. The average molecular weight is 312 g/mol. The predicted octanol–water partition coefficient (Wildman–Crippen LogP) is 3.09. The van der Waals surface area contributed by atoms with Crippen molar-refractivity contribution in [2.45, 2.75) is 20.3 Å². The van der Waals surface area contributed by atoms with Crippen LogP contribution in [0.25, 0.3) is 0 Å². The summed E-state index contributed by atoms with van der Waals surface area (Å²) in [4.78, 5) is 2.51. The first-order valence-corrected chi connectivity index (χ1v) is 7.41. The number of anilines is 2. The molecule has 3 N–H and O–H groups in total. The van der Waals surface area contributed by atoms with Gasteiger partial charge < -0.3 is 16.0 Å². The van der Waals surface area contributed by atoms with Crippen molar-refractivity contribution in [3.63, 3.8) is 0 Å². The largest absolute Gasteiger partial charge is 0.398 e. The Morgan fingerprint density at radius 2 is 2.28 bits per heavy atom. The van der Waals surface area contributed by atoms with E-state index in [4.69, 9.17) is 5.73 Å². The van der Waals surface area contributed by atoms with E-state index in [0.717, 1.165) is 33.9 Å². The molecule has 3 nitrogen and oxygen atoms in total. The van der Waals surface area contributed by atoms with Gasteiger partial charge in [-0.3, -0.25) is 0 Å². The molecule has 18 heavy (non-hydrogen) atoms. The van der Waals surface area contributed by atoms with Crippen molar-refractivity contribution in [1.29, 1.82) is 0 Å². The van der Waals surface area contributed by atoms with Crippen molar-refractivity contribution in [2.24, 2.45) is 5.92 Å². The lowest BCUT2D eigenvalue weighted by molar-refractivity contribution is 0.345. The van der Waals surface area contributed by atoms with Crippen LogP contribution in [0.1, 0.15) is 18.9 Å². The fourth-order valence-corrected chi connectivity index (χ4v) is 2.95. The Hall–Kier alpha value is -0.740. The molecule has 0 aromatic heterocycles. The molecule has 1 fully saturated rings. The third-order valence-corrected chi connectivity index (χ3v) is 4.41. The first-order valence-electron chi connectivity index (χ1n) is 6.62. The van der Waals surface area contributed by atoms with Gasteiger partial charge in [-0.05, 0) is 66.0 Å². The minimum Gasteiger partial charge on any atom is -0.398 e. The van der Waals surface area contributed by atoms with Crippen LogP contribution in [0.2, 0.25) is 0 Å². The summed E-state index contributed by atoms with van der Waals surface area (Å²) in [6.07, 6.45) is 1.30. The maximum absolute atomic E-state index is 5.88. The summed E-state index contributed by atoms with van der Waals surface area (Å²) in [7, 11) is 0. The van der Waals surface area contributed by atoms with Gasteiger partial charge in [0.2, 0.25) is 0 Å². The molecule has 2 rings (SSSR count). The minimum absolute atomic E-state index is 0.759. The van der Waals surface area contributed by atoms with Crippen molar-refractivity contribution in [1.82, 2.24) is 4.90 Å². The lowest BCUT2D eigenvalue weighted by atomic mass is 10.1. The first kappa shape index (κ1) is 13.7. The Morgan fingerprint density at radius 1 is 1.50 bits per heavy atom. The minimum atomic E-state index is 0.759. The van der Waals surface area contributed by atoms with Gasteiger partial charge in [0.05, 0.1) is 0 Å². The van der Waals surface area contributed by atoms with E-state index in [9.17, 15) is 0 Å². The summed E-state index contributed by atoms with van der Waals surface area (Å²) in [6.45, 7) is 8.94. The normalized spacial score (nSPS) is 20.3. The Kier molecular flexibility index (Phi) is 4.51. The van der Waals surface area contributed by atoms with Crippen LogP contribution in [0.15, 0.2) is 16.6 Å². The molecule has 1 atom stereocenters. The Balaban J connectivity index is 1.93. The van der Waals surface area contributed by atoms with Crippen LogP contribution in [0, 0.1) is 12.8 Å². The van der Waals surface area contributed by atoms with E-state index >= 15 is 0 Å². The number of nitrogen functional groups attached to an aromatic ring is 1. The molecule has 1 heterocycles. The summed E-state index contributed by atoms with van der Waals surface area (Å²) in [5, 5.41) is 3.54. The highest BCUT2D eigenvalue weighted by molar-refractivity contribution is 9.10. The van der Waals surface area contributed by atoms with E-state index in [1.54, 1.807) is 0 Å². The van der Waals surface area contributed by atoms with Gasteiger partial charge in [0.15, 0.2) is 0 Å². The highest BCUT2D eigenvalue weighted by Crippen LogP contribution is 2.28. The fourth-order valence-electron chi connectivity index (χ4n) is 2.45. The number of nitrogens with one attached hydrogen (secondary N) is 1. The number of benzene rings is 1. The van der Waals surface area contributed by atoms with Gasteiger partial charge in [-0.1, -0.05) is 6.92 Å². The first-order chi connectivity index (χ1) is 8.60. The highest BCUT2D eigenvalue weighted by atomic mass is 79.9. The van der Waals surface area contributed by atoms with E-state index in [0.29, 0.717) is 0 Å².